The molecule has 25 heavy (non-hydrogen) atoms. The zero-order chi connectivity index (χ0) is 17.5. The number of ether oxygens (including phenoxy) is 2. The van der Waals surface area contributed by atoms with E-state index in [2.05, 4.69) is 0 Å². The maximum Gasteiger partial charge on any atom is 0.296 e. The van der Waals surface area contributed by atoms with Gasteiger partial charge in [0.15, 0.2) is 12.4 Å². The molecule has 4 heteroatoms. The van der Waals surface area contributed by atoms with Gasteiger partial charge in [0.1, 0.15) is 5.76 Å². The molecule has 3 atom stereocenters. The Morgan fingerprint density at radius 2 is 1.52 bits per heavy atom. The summed E-state index contributed by atoms with van der Waals surface area (Å²) < 4.78 is 12.5. The van der Waals surface area contributed by atoms with Gasteiger partial charge in [0, 0.05) is 16.5 Å². The van der Waals surface area contributed by atoms with Crippen LogP contribution in [0.1, 0.15) is 31.9 Å². The molecule has 4 nitrogen and oxygen atoms in total. The second-order valence-electron chi connectivity index (χ2n) is 7.47. The zero-order valence-electron chi connectivity index (χ0n) is 14.6. The van der Waals surface area contributed by atoms with Crippen molar-refractivity contribution in [2.45, 2.75) is 39.0 Å². The van der Waals surface area contributed by atoms with Crippen molar-refractivity contribution in [1.82, 2.24) is 0 Å². The number of hydrogen-bond donors (Lipinski definition) is 0. The van der Waals surface area contributed by atoms with Gasteiger partial charge in [0.2, 0.25) is 0 Å². The largest absolute Gasteiger partial charge is 0.452 e. The van der Waals surface area contributed by atoms with Gasteiger partial charge < -0.3 is 9.47 Å². The summed E-state index contributed by atoms with van der Waals surface area (Å²) in [6.45, 7) is 6.15. The lowest BCUT2D eigenvalue weighted by atomic mass is 9.94. The smallest absolute Gasteiger partial charge is 0.296 e. The molecule has 0 N–H and O–H groups in total. The molecule has 2 aromatic rings. The summed E-state index contributed by atoms with van der Waals surface area (Å²) in [5.41, 5.74) is 1.62. The molecule has 0 spiro atoms. The first kappa shape index (κ1) is 16.3. The summed E-state index contributed by atoms with van der Waals surface area (Å²) in [4.78, 5) is 11.5. The van der Waals surface area contributed by atoms with Gasteiger partial charge in [-0.2, -0.15) is 9.78 Å². The molecular formula is C21H22O4. The first-order valence-corrected chi connectivity index (χ1v) is 8.51. The molecule has 2 aromatic carbocycles. The number of benzene rings is 2. The highest BCUT2D eigenvalue weighted by Gasteiger charge is 2.56. The van der Waals surface area contributed by atoms with Crippen LogP contribution in [0.25, 0.3) is 5.76 Å². The fourth-order valence-electron chi connectivity index (χ4n) is 3.01. The second kappa shape index (κ2) is 5.99. The van der Waals surface area contributed by atoms with Gasteiger partial charge in [0.05, 0.1) is 0 Å². The molecule has 4 rings (SSSR count). The van der Waals surface area contributed by atoms with Crippen LogP contribution >= 0.6 is 0 Å². The van der Waals surface area contributed by atoms with Crippen molar-refractivity contribution < 1.29 is 19.2 Å². The first-order chi connectivity index (χ1) is 12.0. The maximum absolute atomic E-state index is 6.27. The van der Waals surface area contributed by atoms with Crippen molar-refractivity contribution in [3.05, 3.63) is 77.9 Å². The summed E-state index contributed by atoms with van der Waals surface area (Å²) in [5.74, 6) is -0.401. The molecule has 130 valence electrons. The quantitative estimate of drug-likeness (QED) is 0.748. The van der Waals surface area contributed by atoms with E-state index in [0.29, 0.717) is 0 Å². The lowest BCUT2D eigenvalue weighted by Crippen LogP contribution is -2.52. The van der Waals surface area contributed by atoms with E-state index in [1.165, 1.54) is 0 Å². The molecule has 2 aliphatic heterocycles. The Morgan fingerprint density at radius 3 is 2.16 bits per heavy atom. The van der Waals surface area contributed by atoms with E-state index in [1.807, 2.05) is 87.5 Å². The van der Waals surface area contributed by atoms with Crippen LogP contribution in [-0.4, -0.2) is 12.4 Å². The third-order valence-corrected chi connectivity index (χ3v) is 4.41. The van der Waals surface area contributed by atoms with E-state index in [0.717, 1.165) is 16.9 Å². The normalized spacial score (nSPS) is 28.8. The minimum atomic E-state index is -1.13. The molecule has 0 amide bonds. The van der Waals surface area contributed by atoms with Gasteiger partial charge in [0.25, 0.3) is 5.79 Å². The van der Waals surface area contributed by atoms with Crippen molar-refractivity contribution in [3.63, 3.8) is 0 Å². The van der Waals surface area contributed by atoms with Crippen LogP contribution in [-0.2, 0) is 25.0 Å². The number of hydrogen-bond acceptors (Lipinski definition) is 4. The van der Waals surface area contributed by atoms with E-state index >= 15 is 0 Å². The van der Waals surface area contributed by atoms with Gasteiger partial charge in [-0.25, -0.2) is 0 Å². The molecular weight excluding hydrogens is 316 g/mol. The monoisotopic (exact) mass is 338 g/mol. The van der Waals surface area contributed by atoms with E-state index in [9.17, 15) is 0 Å². The fraction of sp³-hybridized carbons (Fsp3) is 0.333. The van der Waals surface area contributed by atoms with Crippen molar-refractivity contribution in [2.75, 3.05) is 0 Å². The van der Waals surface area contributed by atoms with Crippen LogP contribution in [0.4, 0.5) is 0 Å². The van der Waals surface area contributed by atoms with Crippen molar-refractivity contribution in [1.29, 1.82) is 0 Å². The van der Waals surface area contributed by atoms with Gasteiger partial charge in [-0.05, 0) is 6.08 Å². The van der Waals surface area contributed by atoms with Crippen molar-refractivity contribution in [3.8, 4) is 0 Å². The third kappa shape index (κ3) is 2.86. The van der Waals surface area contributed by atoms with Crippen LogP contribution < -0.4 is 0 Å². The molecule has 0 aromatic heterocycles. The highest BCUT2D eigenvalue weighted by molar-refractivity contribution is 5.63. The van der Waals surface area contributed by atoms with Crippen LogP contribution in [0, 0.1) is 5.41 Å². The lowest BCUT2D eigenvalue weighted by molar-refractivity contribution is -0.537. The summed E-state index contributed by atoms with van der Waals surface area (Å²) in [7, 11) is 0. The predicted octanol–water partition coefficient (Wildman–Crippen LogP) is 4.63. The van der Waals surface area contributed by atoms with Crippen LogP contribution in [0.5, 0.6) is 0 Å². The minimum Gasteiger partial charge on any atom is -0.452 e. The van der Waals surface area contributed by atoms with Gasteiger partial charge in [-0.15, -0.1) is 0 Å². The van der Waals surface area contributed by atoms with Crippen LogP contribution in [0.15, 0.2) is 66.7 Å². The standard InChI is InChI=1S/C21H22O4/c1-20(2,3)19-22-18-14-17(15-10-6-4-7-11-15)23-21(18,25-24-19)16-12-8-5-9-13-16/h4-14,18-19H,1-3H3/t18-,19-,21-/m1/s1. The van der Waals surface area contributed by atoms with Gasteiger partial charge in [-0.1, -0.05) is 81.4 Å². The summed E-state index contributed by atoms with van der Waals surface area (Å²) in [6, 6.07) is 19.7. The molecule has 1 fully saturated rings. The topological polar surface area (TPSA) is 36.9 Å². The third-order valence-electron chi connectivity index (χ3n) is 4.41. The Kier molecular flexibility index (Phi) is 3.91. The van der Waals surface area contributed by atoms with Gasteiger partial charge in [-0.3, -0.25) is 0 Å². The average Bonchev–Trinajstić information content (AvgIpc) is 3.02. The fourth-order valence-corrected chi connectivity index (χ4v) is 3.01. The first-order valence-electron chi connectivity index (χ1n) is 8.51. The van der Waals surface area contributed by atoms with E-state index in [-0.39, 0.29) is 5.41 Å². The summed E-state index contributed by atoms with van der Waals surface area (Å²) in [5, 5.41) is 0. The molecule has 2 aliphatic rings. The Labute approximate surface area is 147 Å². The van der Waals surface area contributed by atoms with E-state index in [1.54, 1.807) is 0 Å². The Bertz CT molecular complexity index is 763. The average molecular weight is 338 g/mol. The summed E-state index contributed by atoms with van der Waals surface area (Å²) >= 11 is 0. The molecule has 0 unspecified atom stereocenters. The highest BCUT2D eigenvalue weighted by atomic mass is 17.3. The van der Waals surface area contributed by atoms with Crippen molar-refractivity contribution in [2.24, 2.45) is 5.41 Å². The Morgan fingerprint density at radius 1 is 0.880 bits per heavy atom. The summed E-state index contributed by atoms with van der Waals surface area (Å²) in [6.07, 6.45) is 1.09. The van der Waals surface area contributed by atoms with Crippen LogP contribution in [0.3, 0.4) is 0 Å². The predicted molar refractivity (Wildman–Crippen MR) is 93.9 cm³/mol. The van der Waals surface area contributed by atoms with Crippen molar-refractivity contribution >= 4 is 5.76 Å². The van der Waals surface area contributed by atoms with E-state index < -0.39 is 18.2 Å². The molecule has 0 saturated carbocycles. The van der Waals surface area contributed by atoms with Gasteiger partial charge >= 0.3 is 0 Å². The molecule has 1 saturated heterocycles. The lowest BCUT2D eigenvalue weighted by Gasteiger charge is -2.43. The minimum absolute atomic E-state index is 0.216. The highest BCUT2D eigenvalue weighted by Crippen LogP contribution is 2.48. The molecule has 0 radical (unpaired) electrons. The SMILES string of the molecule is CC(C)(C)[C@H]1OO[C@@]2(c3ccccc3)OC(c3ccccc3)=C[C@H]2O1. The number of rotatable bonds is 2. The Balaban J connectivity index is 1.73. The maximum atomic E-state index is 6.27. The number of fused-ring (bicyclic) bond motifs is 1. The second-order valence-corrected chi connectivity index (χ2v) is 7.47. The zero-order valence-corrected chi connectivity index (χ0v) is 14.6. The van der Waals surface area contributed by atoms with E-state index in [4.69, 9.17) is 19.2 Å². The van der Waals surface area contributed by atoms with Crippen LogP contribution in [0.2, 0.25) is 0 Å². The Hall–Kier alpha value is -2.14. The molecule has 0 aliphatic carbocycles. The molecule has 0 bridgehead atoms. The molecule has 2 heterocycles.